The summed E-state index contributed by atoms with van der Waals surface area (Å²) in [6.07, 6.45) is 8.16. The van der Waals surface area contributed by atoms with Crippen LogP contribution in [-0.2, 0) is 0 Å². The molecule has 2 aliphatic rings. The van der Waals surface area contributed by atoms with E-state index in [4.69, 9.17) is 4.52 Å². The van der Waals surface area contributed by atoms with E-state index in [2.05, 4.69) is 39.0 Å². The third-order valence-electron chi connectivity index (χ3n) is 6.15. The molecule has 1 aliphatic carbocycles. The number of nitrogens with zero attached hydrogens (tertiary/aromatic N) is 5. The van der Waals surface area contributed by atoms with Crippen LogP contribution < -0.4 is 4.90 Å². The van der Waals surface area contributed by atoms with Gasteiger partial charge in [0.25, 0.3) is 5.91 Å². The van der Waals surface area contributed by atoms with Gasteiger partial charge < -0.3 is 19.3 Å². The highest BCUT2D eigenvalue weighted by atomic mass is 16.5. The van der Waals surface area contributed by atoms with Crippen molar-refractivity contribution < 1.29 is 9.32 Å². The number of hydrogen-bond donors (Lipinski definition) is 1. The largest absolute Gasteiger partial charge is 0.360 e. The van der Waals surface area contributed by atoms with Gasteiger partial charge in [0, 0.05) is 32.3 Å². The van der Waals surface area contributed by atoms with E-state index < -0.39 is 0 Å². The number of H-pyrrole nitrogens is 1. The van der Waals surface area contributed by atoms with E-state index in [1.807, 2.05) is 17.2 Å². The number of hydrogen-bond acceptors (Lipinski definition) is 6. The Morgan fingerprint density at radius 3 is 3.00 bits per heavy atom. The van der Waals surface area contributed by atoms with Crippen molar-refractivity contribution >= 4 is 22.8 Å². The minimum atomic E-state index is 0.0305. The van der Waals surface area contributed by atoms with Crippen molar-refractivity contribution in [3.63, 3.8) is 0 Å². The number of likely N-dealkylation sites (N-methyl/N-ethyl adjacent to an activating group) is 1. The molecule has 8 heteroatoms. The molecule has 0 bridgehead atoms. The minimum Gasteiger partial charge on any atom is -0.360 e. The Morgan fingerprint density at radius 1 is 1.32 bits per heavy atom. The van der Waals surface area contributed by atoms with Gasteiger partial charge in [-0.05, 0) is 31.2 Å². The Bertz CT molecular complexity index is 1010. The molecule has 1 N–H and O–H groups in total. The van der Waals surface area contributed by atoms with Crippen molar-refractivity contribution in [1.82, 2.24) is 25.0 Å². The van der Waals surface area contributed by atoms with Crippen LogP contribution in [0, 0.1) is 5.92 Å². The molecule has 4 heterocycles. The van der Waals surface area contributed by atoms with Crippen molar-refractivity contribution in [3.05, 3.63) is 36.1 Å². The molecule has 2 atom stereocenters. The van der Waals surface area contributed by atoms with Gasteiger partial charge in [-0.3, -0.25) is 4.79 Å². The summed E-state index contributed by atoms with van der Waals surface area (Å²) in [6.45, 7) is 3.65. The molecule has 8 nitrogen and oxygen atoms in total. The lowest BCUT2D eigenvalue weighted by atomic mass is 9.91. The van der Waals surface area contributed by atoms with Crippen LogP contribution in [0.1, 0.15) is 48.2 Å². The number of nitrogens with one attached hydrogen (secondary N) is 1. The molecular formula is C20H24N6O2. The molecule has 28 heavy (non-hydrogen) atoms. The molecular weight excluding hydrogens is 356 g/mol. The lowest BCUT2D eigenvalue weighted by Crippen LogP contribution is -2.53. The van der Waals surface area contributed by atoms with Crippen molar-refractivity contribution in [2.24, 2.45) is 5.92 Å². The topological polar surface area (TPSA) is 91.2 Å². The molecule has 2 fully saturated rings. The van der Waals surface area contributed by atoms with Crippen LogP contribution >= 0.6 is 0 Å². The molecule has 1 saturated heterocycles. The van der Waals surface area contributed by atoms with Gasteiger partial charge in [-0.25, -0.2) is 9.97 Å². The van der Waals surface area contributed by atoms with Crippen molar-refractivity contribution in [2.45, 2.75) is 38.1 Å². The van der Waals surface area contributed by atoms with Gasteiger partial charge >= 0.3 is 0 Å². The number of amides is 1. The number of rotatable bonds is 4. The molecule has 3 aromatic rings. The summed E-state index contributed by atoms with van der Waals surface area (Å²) in [7, 11) is 2.05. The van der Waals surface area contributed by atoms with E-state index in [0.717, 1.165) is 48.4 Å². The van der Waals surface area contributed by atoms with Crippen molar-refractivity contribution in [2.75, 3.05) is 25.0 Å². The predicted octanol–water partition coefficient (Wildman–Crippen LogP) is 2.81. The minimum absolute atomic E-state index is 0.0305. The Balaban J connectivity index is 1.40. The number of anilines is 1. The fourth-order valence-electron chi connectivity index (χ4n) is 4.25. The Labute approximate surface area is 162 Å². The first-order valence-corrected chi connectivity index (χ1v) is 9.88. The van der Waals surface area contributed by atoms with E-state index >= 15 is 0 Å². The molecule has 3 aromatic heterocycles. The monoisotopic (exact) mass is 380 g/mol. The molecule has 146 valence electrons. The van der Waals surface area contributed by atoms with Crippen LogP contribution in [0.25, 0.3) is 11.0 Å². The number of aromatic nitrogens is 4. The summed E-state index contributed by atoms with van der Waals surface area (Å²) in [4.78, 5) is 29.2. The second kappa shape index (κ2) is 6.61. The summed E-state index contributed by atoms with van der Waals surface area (Å²) >= 11 is 0. The molecule has 1 aliphatic heterocycles. The lowest BCUT2D eigenvalue weighted by molar-refractivity contribution is 0.0667. The predicted molar refractivity (Wildman–Crippen MR) is 104 cm³/mol. The first kappa shape index (κ1) is 17.2. The third kappa shape index (κ3) is 2.83. The number of carbonyl (C=O) groups is 1. The van der Waals surface area contributed by atoms with Crippen LogP contribution in [0.3, 0.4) is 0 Å². The highest BCUT2D eigenvalue weighted by molar-refractivity contribution is 5.95. The zero-order chi connectivity index (χ0) is 19.3. The summed E-state index contributed by atoms with van der Waals surface area (Å²) in [5, 5.41) is 4.89. The van der Waals surface area contributed by atoms with Crippen molar-refractivity contribution in [3.8, 4) is 0 Å². The van der Waals surface area contributed by atoms with Crippen LogP contribution in [-0.4, -0.2) is 57.1 Å². The number of likely N-dealkylation sites (tertiary alicyclic amines) is 1. The molecule has 5 rings (SSSR count). The second-order valence-electron chi connectivity index (χ2n) is 8.01. The first-order valence-electron chi connectivity index (χ1n) is 9.88. The highest BCUT2D eigenvalue weighted by Gasteiger charge is 2.37. The Hall–Kier alpha value is -2.90. The van der Waals surface area contributed by atoms with Gasteiger partial charge in [-0.15, -0.1) is 0 Å². The van der Waals surface area contributed by atoms with Crippen LogP contribution in [0.2, 0.25) is 0 Å². The van der Waals surface area contributed by atoms with E-state index in [0.29, 0.717) is 23.9 Å². The lowest BCUT2D eigenvalue weighted by Gasteiger charge is -2.42. The van der Waals surface area contributed by atoms with Crippen molar-refractivity contribution in [1.29, 1.82) is 0 Å². The van der Waals surface area contributed by atoms with Gasteiger partial charge in [0.05, 0.1) is 17.6 Å². The molecule has 1 saturated carbocycles. The Kier molecular flexibility index (Phi) is 4.07. The summed E-state index contributed by atoms with van der Waals surface area (Å²) in [5.74, 6) is 2.50. The smallest absolute Gasteiger partial charge is 0.259 e. The molecule has 0 aromatic carbocycles. The fraction of sp³-hybridized carbons (Fsp3) is 0.500. The van der Waals surface area contributed by atoms with E-state index in [9.17, 15) is 4.79 Å². The summed E-state index contributed by atoms with van der Waals surface area (Å²) < 4.78 is 5.38. The number of fused-ring (bicyclic) bond motifs is 1. The fourth-order valence-corrected chi connectivity index (χ4v) is 4.25. The van der Waals surface area contributed by atoms with Gasteiger partial charge in [-0.1, -0.05) is 12.1 Å². The molecule has 0 radical (unpaired) electrons. The molecule has 0 unspecified atom stereocenters. The van der Waals surface area contributed by atoms with Crippen LogP contribution in [0.15, 0.2) is 29.3 Å². The summed E-state index contributed by atoms with van der Waals surface area (Å²) in [5.41, 5.74) is 1.46. The number of piperidine rings is 1. The third-order valence-corrected chi connectivity index (χ3v) is 6.15. The average molecular weight is 380 g/mol. The van der Waals surface area contributed by atoms with E-state index in [-0.39, 0.29) is 11.9 Å². The van der Waals surface area contributed by atoms with Crippen LogP contribution in [0.4, 0.5) is 5.82 Å². The zero-order valence-corrected chi connectivity index (χ0v) is 16.1. The van der Waals surface area contributed by atoms with Crippen LogP contribution in [0.5, 0.6) is 0 Å². The van der Waals surface area contributed by atoms with E-state index in [1.54, 1.807) is 12.5 Å². The maximum atomic E-state index is 13.2. The molecule has 0 spiro atoms. The number of aromatic amines is 1. The highest BCUT2D eigenvalue weighted by Crippen LogP contribution is 2.42. The normalized spacial score (nSPS) is 22.6. The molecule has 1 amide bonds. The maximum Gasteiger partial charge on any atom is 0.259 e. The zero-order valence-electron chi connectivity index (χ0n) is 16.1. The van der Waals surface area contributed by atoms with Gasteiger partial charge in [0.1, 0.15) is 23.4 Å². The van der Waals surface area contributed by atoms with Gasteiger partial charge in [-0.2, -0.15) is 0 Å². The van der Waals surface area contributed by atoms with Gasteiger partial charge in [0.15, 0.2) is 5.76 Å². The second-order valence-corrected chi connectivity index (χ2v) is 8.01. The maximum absolute atomic E-state index is 13.2. The quantitative estimate of drug-likeness (QED) is 0.748. The first-order chi connectivity index (χ1) is 13.6. The number of carbonyl (C=O) groups excluding carboxylic acids is 1. The van der Waals surface area contributed by atoms with Gasteiger partial charge in [0.2, 0.25) is 0 Å². The Morgan fingerprint density at radius 2 is 2.18 bits per heavy atom. The summed E-state index contributed by atoms with van der Waals surface area (Å²) in [6, 6.07) is 2.17. The standard InChI is InChI=1S/C20H24N6O2/c1-12-6-8-26(20(27)15-9-24-28-17(15)13-3-4-13)10-16(12)25(2)19-14-5-7-21-18(14)22-11-23-19/h5,7,9,11-13,16H,3-4,6,8,10H2,1-2H3,(H,21,22,23)/t12-,16+/m1/s1. The van der Waals surface area contributed by atoms with E-state index in [1.165, 1.54) is 0 Å². The average Bonchev–Trinajstić information content (AvgIpc) is 3.24. The SMILES string of the molecule is C[C@@H]1CCN(C(=O)c2cnoc2C2CC2)C[C@@H]1N(C)c1ncnc2[nH]ccc12.